The van der Waals surface area contributed by atoms with E-state index in [1.165, 1.54) is 4.90 Å². The van der Waals surface area contributed by atoms with Gasteiger partial charge in [-0.3, -0.25) is 14.4 Å². The van der Waals surface area contributed by atoms with Gasteiger partial charge in [0.25, 0.3) is 5.91 Å². The summed E-state index contributed by atoms with van der Waals surface area (Å²) in [4.78, 5) is 36.6. The Kier molecular flexibility index (Phi) is 4.80. The lowest BCUT2D eigenvalue weighted by atomic mass is 10.1. The molecular formula is C16H21N3O3. The van der Waals surface area contributed by atoms with E-state index in [0.29, 0.717) is 11.3 Å². The molecule has 1 fully saturated rings. The number of hydrogen-bond donors (Lipinski definition) is 2. The molecule has 0 unspecified atom stereocenters. The van der Waals surface area contributed by atoms with Crippen molar-refractivity contribution >= 4 is 23.4 Å². The van der Waals surface area contributed by atoms with Gasteiger partial charge in [-0.05, 0) is 51.0 Å². The second-order valence-electron chi connectivity index (χ2n) is 5.83. The van der Waals surface area contributed by atoms with Gasteiger partial charge in [0.2, 0.25) is 11.8 Å². The van der Waals surface area contributed by atoms with Gasteiger partial charge in [-0.2, -0.15) is 0 Å². The molecule has 0 aromatic heterocycles. The summed E-state index contributed by atoms with van der Waals surface area (Å²) in [6.07, 6.45) is 1.89. The molecule has 0 bridgehead atoms. The Hall–Kier alpha value is -2.37. The molecule has 0 radical (unpaired) electrons. The van der Waals surface area contributed by atoms with E-state index in [1.807, 2.05) is 13.8 Å². The predicted octanol–water partition coefficient (Wildman–Crippen LogP) is 1.37. The smallest absolute Gasteiger partial charge is 0.254 e. The van der Waals surface area contributed by atoms with Crippen molar-refractivity contribution in [3.63, 3.8) is 0 Å². The summed E-state index contributed by atoms with van der Waals surface area (Å²) in [5, 5.41) is 2.82. The number of rotatable bonds is 6. The van der Waals surface area contributed by atoms with E-state index in [2.05, 4.69) is 5.32 Å². The monoisotopic (exact) mass is 303 g/mol. The number of nitrogens with one attached hydrogen (secondary N) is 1. The van der Waals surface area contributed by atoms with Gasteiger partial charge in [-0.1, -0.05) is 0 Å². The molecule has 1 saturated carbocycles. The van der Waals surface area contributed by atoms with Crippen LogP contribution in [0.25, 0.3) is 0 Å². The van der Waals surface area contributed by atoms with Crippen LogP contribution in [0.2, 0.25) is 0 Å². The maximum absolute atomic E-state index is 12.4. The first-order chi connectivity index (χ1) is 10.4. The van der Waals surface area contributed by atoms with Crippen LogP contribution in [-0.4, -0.2) is 35.2 Å². The summed E-state index contributed by atoms with van der Waals surface area (Å²) in [5.74, 6) is -0.644. The van der Waals surface area contributed by atoms with Gasteiger partial charge in [0, 0.05) is 23.2 Å². The van der Waals surface area contributed by atoms with E-state index in [1.54, 1.807) is 24.3 Å². The van der Waals surface area contributed by atoms with Crippen LogP contribution in [0.5, 0.6) is 0 Å². The quantitative estimate of drug-likeness (QED) is 0.831. The van der Waals surface area contributed by atoms with Crippen molar-refractivity contribution in [2.75, 3.05) is 11.9 Å². The number of hydrogen-bond acceptors (Lipinski definition) is 3. The summed E-state index contributed by atoms with van der Waals surface area (Å²) in [7, 11) is 0. The van der Waals surface area contributed by atoms with E-state index in [0.717, 1.165) is 12.8 Å². The van der Waals surface area contributed by atoms with Crippen molar-refractivity contribution in [1.29, 1.82) is 0 Å². The summed E-state index contributed by atoms with van der Waals surface area (Å²) in [6.45, 7) is 3.53. The number of carbonyl (C=O) groups is 3. The molecule has 1 aliphatic rings. The number of anilines is 1. The minimum Gasteiger partial charge on any atom is -0.368 e. The van der Waals surface area contributed by atoms with Gasteiger partial charge in [-0.15, -0.1) is 0 Å². The van der Waals surface area contributed by atoms with Crippen LogP contribution >= 0.6 is 0 Å². The van der Waals surface area contributed by atoms with Crippen LogP contribution in [0, 0.1) is 5.92 Å². The first-order valence-electron chi connectivity index (χ1n) is 7.38. The third kappa shape index (κ3) is 4.07. The zero-order valence-corrected chi connectivity index (χ0v) is 12.8. The molecule has 22 heavy (non-hydrogen) atoms. The van der Waals surface area contributed by atoms with E-state index >= 15 is 0 Å². The fourth-order valence-electron chi connectivity index (χ4n) is 2.11. The van der Waals surface area contributed by atoms with E-state index in [4.69, 9.17) is 5.73 Å². The molecule has 1 aliphatic carbocycles. The fraction of sp³-hybridized carbons (Fsp3) is 0.438. The molecule has 0 spiro atoms. The maximum Gasteiger partial charge on any atom is 0.254 e. The molecule has 0 saturated heterocycles. The number of primary amides is 1. The van der Waals surface area contributed by atoms with Crippen molar-refractivity contribution in [1.82, 2.24) is 4.90 Å². The Bertz CT molecular complexity index is 577. The van der Waals surface area contributed by atoms with Gasteiger partial charge in [-0.25, -0.2) is 0 Å². The molecular weight excluding hydrogens is 282 g/mol. The second-order valence-corrected chi connectivity index (χ2v) is 5.83. The van der Waals surface area contributed by atoms with Crippen LogP contribution in [0.4, 0.5) is 5.69 Å². The third-order valence-corrected chi connectivity index (χ3v) is 3.56. The zero-order chi connectivity index (χ0) is 16.3. The highest BCUT2D eigenvalue weighted by molar-refractivity contribution is 5.98. The lowest BCUT2D eigenvalue weighted by Crippen LogP contribution is -2.42. The molecule has 0 heterocycles. The standard InChI is InChI=1S/C16H21N3O3/c1-10(2)19(9-14(17)20)16(22)12-5-7-13(8-6-12)18-15(21)11-3-4-11/h5-8,10-11H,3-4,9H2,1-2H3,(H2,17,20)(H,18,21). The Morgan fingerprint density at radius 3 is 2.27 bits per heavy atom. The molecule has 0 aliphatic heterocycles. The normalized spacial score (nSPS) is 13.8. The minimum atomic E-state index is -0.546. The second kappa shape index (κ2) is 6.60. The van der Waals surface area contributed by atoms with Crippen molar-refractivity contribution in [3.05, 3.63) is 29.8 Å². The van der Waals surface area contributed by atoms with E-state index in [9.17, 15) is 14.4 Å². The Balaban J connectivity index is 2.05. The van der Waals surface area contributed by atoms with Gasteiger partial charge < -0.3 is 16.0 Å². The maximum atomic E-state index is 12.4. The molecule has 3 N–H and O–H groups in total. The number of nitrogens with two attached hydrogens (primary N) is 1. The largest absolute Gasteiger partial charge is 0.368 e. The lowest BCUT2D eigenvalue weighted by Gasteiger charge is -2.25. The van der Waals surface area contributed by atoms with Gasteiger partial charge in [0.15, 0.2) is 0 Å². The summed E-state index contributed by atoms with van der Waals surface area (Å²) >= 11 is 0. The fourth-order valence-corrected chi connectivity index (χ4v) is 2.11. The van der Waals surface area contributed by atoms with Crippen LogP contribution in [0.1, 0.15) is 37.0 Å². The molecule has 3 amide bonds. The SMILES string of the molecule is CC(C)N(CC(N)=O)C(=O)c1ccc(NC(=O)C2CC2)cc1. The first kappa shape index (κ1) is 16.0. The topological polar surface area (TPSA) is 92.5 Å². The van der Waals surface area contributed by atoms with Gasteiger partial charge in [0.05, 0.1) is 6.54 Å². The van der Waals surface area contributed by atoms with Crippen molar-refractivity contribution in [2.24, 2.45) is 11.7 Å². The minimum absolute atomic E-state index is 0.0246. The van der Waals surface area contributed by atoms with Crippen LogP contribution in [0.3, 0.4) is 0 Å². The molecule has 2 rings (SSSR count). The lowest BCUT2D eigenvalue weighted by molar-refractivity contribution is -0.119. The Morgan fingerprint density at radius 2 is 1.82 bits per heavy atom. The summed E-state index contributed by atoms with van der Waals surface area (Å²) in [6, 6.07) is 6.53. The number of nitrogens with zero attached hydrogens (tertiary/aromatic N) is 1. The van der Waals surface area contributed by atoms with Crippen molar-refractivity contribution in [2.45, 2.75) is 32.7 Å². The summed E-state index contributed by atoms with van der Waals surface area (Å²) in [5.41, 5.74) is 6.30. The van der Waals surface area contributed by atoms with Crippen LogP contribution in [-0.2, 0) is 9.59 Å². The number of benzene rings is 1. The molecule has 6 nitrogen and oxygen atoms in total. The van der Waals surface area contributed by atoms with Crippen molar-refractivity contribution < 1.29 is 14.4 Å². The average molecular weight is 303 g/mol. The van der Waals surface area contributed by atoms with Crippen LogP contribution in [0.15, 0.2) is 24.3 Å². The Morgan fingerprint density at radius 1 is 1.23 bits per heavy atom. The highest BCUT2D eigenvalue weighted by atomic mass is 16.2. The van der Waals surface area contributed by atoms with Gasteiger partial charge >= 0.3 is 0 Å². The first-order valence-corrected chi connectivity index (χ1v) is 7.38. The van der Waals surface area contributed by atoms with E-state index < -0.39 is 5.91 Å². The summed E-state index contributed by atoms with van der Waals surface area (Å²) < 4.78 is 0. The zero-order valence-electron chi connectivity index (χ0n) is 12.8. The molecule has 6 heteroatoms. The Labute approximate surface area is 129 Å². The highest BCUT2D eigenvalue weighted by Crippen LogP contribution is 2.30. The number of carbonyl (C=O) groups excluding carboxylic acids is 3. The average Bonchev–Trinajstić information content (AvgIpc) is 3.29. The third-order valence-electron chi connectivity index (χ3n) is 3.56. The highest BCUT2D eigenvalue weighted by Gasteiger charge is 2.29. The van der Waals surface area contributed by atoms with E-state index in [-0.39, 0.29) is 30.3 Å². The van der Waals surface area contributed by atoms with Crippen molar-refractivity contribution in [3.8, 4) is 0 Å². The molecule has 1 aromatic carbocycles. The van der Waals surface area contributed by atoms with Crippen LogP contribution < -0.4 is 11.1 Å². The van der Waals surface area contributed by atoms with Gasteiger partial charge in [0.1, 0.15) is 0 Å². The molecule has 1 aromatic rings. The number of amides is 3. The molecule has 0 atom stereocenters. The predicted molar refractivity (Wildman–Crippen MR) is 83.2 cm³/mol. The molecule has 118 valence electrons.